The van der Waals surface area contributed by atoms with Crippen molar-refractivity contribution >= 4 is 21.9 Å². The summed E-state index contributed by atoms with van der Waals surface area (Å²) in [4.78, 5) is 24.5. The Morgan fingerprint density at radius 2 is 1.83 bits per heavy atom. The normalized spacial score (nSPS) is 15.8. The van der Waals surface area contributed by atoms with Crippen molar-refractivity contribution in [3.63, 3.8) is 0 Å². The molecule has 1 aliphatic carbocycles. The lowest BCUT2D eigenvalue weighted by molar-refractivity contribution is -0.125. The molecule has 1 atom stereocenters. The van der Waals surface area contributed by atoms with Crippen LogP contribution >= 0.6 is 0 Å². The Morgan fingerprint density at radius 3 is 2.57 bits per heavy atom. The fourth-order valence-electron chi connectivity index (χ4n) is 3.54. The van der Waals surface area contributed by atoms with Gasteiger partial charge < -0.3 is 10.1 Å². The van der Waals surface area contributed by atoms with Crippen molar-refractivity contribution in [3.8, 4) is 0 Å². The monoisotopic (exact) mass is 430 g/mol. The van der Waals surface area contributed by atoms with E-state index in [0.717, 1.165) is 36.6 Å². The van der Waals surface area contributed by atoms with E-state index in [1.54, 1.807) is 24.3 Å². The molecule has 1 aliphatic rings. The third-order valence-corrected chi connectivity index (χ3v) is 5.74. The predicted octanol–water partition coefficient (Wildman–Crippen LogP) is 2.13. The van der Waals surface area contributed by atoms with Gasteiger partial charge in [0.15, 0.2) is 6.61 Å². The van der Waals surface area contributed by atoms with E-state index in [1.807, 2.05) is 18.2 Å². The van der Waals surface area contributed by atoms with Gasteiger partial charge in [-0.2, -0.15) is 0 Å². The van der Waals surface area contributed by atoms with Crippen LogP contribution in [0.2, 0.25) is 0 Å². The van der Waals surface area contributed by atoms with Crippen LogP contribution in [0.1, 0.15) is 45.9 Å². The summed E-state index contributed by atoms with van der Waals surface area (Å²) in [7, 11) is -3.22. The fraction of sp³-hybridized carbons (Fsp3) is 0.364. The van der Waals surface area contributed by atoms with Gasteiger partial charge in [-0.15, -0.1) is 0 Å². The van der Waals surface area contributed by atoms with Gasteiger partial charge in [0.2, 0.25) is 10.0 Å². The minimum atomic E-state index is -3.22. The van der Waals surface area contributed by atoms with Crippen molar-refractivity contribution in [2.45, 2.75) is 31.7 Å². The summed E-state index contributed by atoms with van der Waals surface area (Å²) in [5.41, 5.74) is 3.60. The van der Waals surface area contributed by atoms with E-state index < -0.39 is 16.0 Å². The molecular formula is C22H26N2O5S. The third kappa shape index (κ3) is 6.40. The van der Waals surface area contributed by atoms with Gasteiger partial charge in [0.25, 0.3) is 5.91 Å². The van der Waals surface area contributed by atoms with Crippen LogP contribution in [-0.2, 0) is 32.4 Å². The molecule has 160 valence electrons. The molecule has 2 N–H and O–H groups in total. The zero-order chi connectivity index (χ0) is 21.6. The van der Waals surface area contributed by atoms with E-state index in [2.05, 4.69) is 16.1 Å². The molecule has 0 aliphatic heterocycles. The van der Waals surface area contributed by atoms with E-state index in [0.29, 0.717) is 12.0 Å². The fourth-order valence-corrected chi connectivity index (χ4v) is 4.02. The number of carbonyl (C=O) groups excluding carboxylic acids is 2. The molecule has 3 rings (SSSR count). The Morgan fingerprint density at radius 1 is 1.10 bits per heavy atom. The molecule has 0 bridgehead atoms. The molecule has 0 saturated carbocycles. The number of rotatable bonds is 8. The van der Waals surface area contributed by atoms with Gasteiger partial charge in [0.05, 0.1) is 17.9 Å². The average Bonchev–Trinajstić information content (AvgIpc) is 2.72. The zero-order valence-corrected chi connectivity index (χ0v) is 17.7. The number of amides is 1. The summed E-state index contributed by atoms with van der Waals surface area (Å²) in [6.45, 7) is -0.0510. The zero-order valence-electron chi connectivity index (χ0n) is 16.9. The molecule has 0 spiro atoms. The van der Waals surface area contributed by atoms with Crippen molar-refractivity contribution in [2.75, 3.05) is 19.4 Å². The van der Waals surface area contributed by atoms with Crippen molar-refractivity contribution in [2.24, 2.45) is 0 Å². The third-order valence-electron chi connectivity index (χ3n) is 5.01. The molecule has 0 fully saturated rings. The standard InChI is InChI=1S/C22H26N2O5S/c1-30(27,28)23-14-13-16-9-11-18(12-10-16)22(26)29-15-21(25)24-20-8-4-6-17-5-2-3-7-19(17)20/h2-3,5,7,9-12,20,23H,4,6,8,13-15H2,1H3,(H,24,25). The van der Waals surface area contributed by atoms with E-state index in [-0.39, 0.29) is 25.1 Å². The molecule has 1 amide bonds. The second-order valence-corrected chi connectivity index (χ2v) is 9.23. The summed E-state index contributed by atoms with van der Waals surface area (Å²) in [6.07, 6.45) is 4.50. The van der Waals surface area contributed by atoms with Gasteiger partial charge in [-0.25, -0.2) is 17.9 Å². The first-order valence-corrected chi connectivity index (χ1v) is 11.8. The molecule has 0 aromatic heterocycles. The smallest absolute Gasteiger partial charge is 0.338 e. The SMILES string of the molecule is CS(=O)(=O)NCCc1ccc(C(=O)OCC(=O)NC2CCCc3ccccc32)cc1. The lowest BCUT2D eigenvalue weighted by atomic mass is 9.88. The highest BCUT2D eigenvalue weighted by Crippen LogP contribution is 2.29. The Labute approximate surface area is 176 Å². The molecule has 0 radical (unpaired) electrons. The van der Waals surface area contributed by atoms with E-state index in [4.69, 9.17) is 4.74 Å². The summed E-state index contributed by atoms with van der Waals surface area (Å²) in [5.74, 6) is -0.900. The number of hydrogen-bond acceptors (Lipinski definition) is 5. The summed E-state index contributed by atoms with van der Waals surface area (Å²) >= 11 is 0. The highest BCUT2D eigenvalue weighted by molar-refractivity contribution is 7.88. The highest BCUT2D eigenvalue weighted by Gasteiger charge is 2.22. The Kier molecular flexibility index (Phi) is 7.23. The van der Waals surface area contributed by atoms with Gasteiger partial charge in [-0.1, -0.05) is 36.4 Å². The number of nitrogens with one attached hydrogen (secondary N) is 2. The molecule has 8 heteroatoms. The van der Waals surface area contributed by atoms with Gasteiger partial charge in [-0.05, 0) is 54.5 Å². The lowest BCUT2D eigenvalue weighted by Gasteiger charge is -2.26. The Bertz CT molecular complexity index is 1000. The van der Waals surface area contributed by atoms with Crippen LogP contribution in [0.5, 0.6) is 0 Å². The number of benzene rings is 2. The number of carbonyl (C=O) groups is 2. The number of esters is 1. The first-order chi connectivity index (χ1) is 14.3. The van der Waals surface area contributed by atoms with Gasteiger partial charge in [0.1, 0.15) is 0 Å². The van der Waals surface area contributed by atoms with Gasteiger partial charge in [0, 0.05) is 6.54 Å². The summed E-state index contributed by atoms with van der Waals surface area (Å²) < 4.78 is 29.7. The first kappa shape index (κ1) is 22.0. The van der Waals surface area contributed by atoms with E-state index in [1.165, 1.54) is 5.56 Å². The maximum atomic E-state index is 12.3. The first-order valence-electron chi connectivity index (χ1n) is 9.90. The maximum Gasteiger partial charge on any atom is 0.338 e. The van der Waals surface area contributed by atoms with Crippen molar-refractivity contribution in [1.29, 1.82) is 0 Å². The van der Waals surface area contributed by atoms with Gasteiger partial charge >= 0.3 is 5.97 Å². The van der Waals surface area contributed by atoms with Crippen molar-refractivity contribution < 1.29 is 22.7 Å². The van der Waals surface area contributed by atoms with Crippen molar-refractivity contribution in [1.82, 2.24) is 10.0 Å². The number of aryl methyl sites for hydroxylation is 1. The van der Waals surface area contributed by atoms with Crippen LogP contribution in [0.3, 0.4) is 0 Å². The molecule has 2 aromatic rings. The van der Waals surface area contributed by atoms with E-state index in [9.17, 15) is 18.0 Å². The minimum Gasteiger partial charge on any atom is -0.452 e. The van der Waals surface area contributed by atoms with Crippen LogP contribution < -0.4 is 10.0 Å². The number of fused-ring (bicyclic) bond motifs is 1. The second-order valence-electron chi connectivity index (χ2n) is 7.40. The maximum absolute atomic E-state index is 12.3. The number of sulfonamides is 1. The summed E-state index contributed by atoms with van der Waals surface area (Å²) in [6, 6.07) is 14.7. The Balaban J connectivity index is 1.47. The molecule has 0 heterocycles. The Hall–Kier alpha value is -2.71. The van der Waals surface area contributed by atoms with Gasteiger partial charge in [-0.3, -0.25) is 4.79 Å². The second kappa shape index (κ2) is 9.86. The van der Waals surface area contributed by atoms with Crippen molar-refractivity contribution in [3.05, 3.63) is 70.8 Å². The van der Waals surface area contributed by atoms with Crippen LogP contribution in [0.15, 0.2) is 48.5 Å². The van der Waals surface area contributed by atoms with E-state index >= 15 is 0 Å². The van der Waals surface area contributed by atoms with Crippen LogP contribution in [0, 0.1) is 0 Å². The summed E-state index contributed by atoms with van der Waals surface area (Å²) in [5, 5.41) is 2.95. The largest absolute Gasteiger partial charge is 0.452 e. The average molecular weight is 431 g/mol. The number of ether oxygens (including phenoxy) is 1. The minimum absolute atomic E-state index is 0.0546. The number of hydrogen-bond donors (Lipinski definition) is 2. The molecule has 7 nitrogen and oxygen atoms in total. The van der Waals surface area contributed by atoms with Crippen LogP contribution in [-0.4, -0.2) is 39.7 Å². The quantitative estimate of drug-likeness (QED) is 0.625. The van der Waals surface area contributed by atoms with Crippen LogP contribution in [0.25, 0.3) is 0 Å². The topological polar surface area (TPSA) is 102 Å². The molecule has 0 saturated heterocycles. The molecule has 1 unspecified atom stereocenters. The highest BCUT2D eigenvalue weighted by atomic mass is 32.2. The van der Waals surface area contributed by atoms with Crippen LogP contribution in [0.4, 0.5) is 0 Å². The molecular weight excluding hydrogens is 404 g/mol. The molecule has 2 aromatic carbocycles. The predicted molar refractivity (Wildman–Crippen MR) is 114 cm³/mol. The lowest BCUT2D eigenvalue weighted by Crippen LogP contribution is -2.34. The molecule has 30 heavy (non-hydrogen) atoms.